The molecule has 31 heavy (non-hydrogen) atoms. The number of para-hydroxylation sites is 1. The minimum atomic E-state index is -0.0642. The Balaban J connectivity index is 1.51. The van der Waals surface area contributed by atoms with E-state index in [4.69, 9.17) is 4.74 Å². The minimum absolute atomic E-state index is 0.0286. The third-order valence-electron chi connectivity index (χ3n) is 5.80. The van der Waals surface area contributed by atoms with Gasteiger partial charge in [0.1, 0.15) is 5.75 Å². The summed E-state index contributed by atoms with van der Waals surface area (Å²) in [5.41, 5.74) is 3.95. The Hall–Kier alpha value is -3.41. The van der Waals surface area contributed by atoms with Crippen LogP contribution in [0.1, 0.15) is 38.4 Å². The van der Waals surface area contributed by atoms with Crippen LogP contribution in [0.25, 0.3) is 10.9 Å². The van der Waals surface area contributed by atoms with E-state index in [9.17, 15) is 9.59 Å². The number of carbonyl (C=O) groups excluding carboxylic acids is 2. The van der Waals surface area contributed by atoms with Crippen LogP contribution in [0, 0.1) is 13.8 Å². The number of ether oxygens (including phenoxy) is 1. The number of methoxy groups -OCH3 is 1. The van der Waals surface area contributed by atoms with Crippen LogP contribution in [0.15, 0.2) is 48.5 Å². The molecule has 0 unspecified atom stereocenters. The number of carbonyl (C=O) groups is 2. The molecule has 0 aliphatic carbocycles. The van der Waals surface area contributed by atoms with Gasteiger partial charge in [0.2, 0.25) is 0 Å². The maximum Gasteiger partial charge on any atom is 0.257 e. The van der Waals surface area contributed by atoms with Crippen LogP contribution in [-0.4, -0.2) is 59.9 Å². The van der Waals surface area contributed by atoms with Crippen molar-refractivity contribution in [3.05, 3.63) is 70.9 Å². The second-order valence-electron chi connectivity index (χ2n) is 7.96. The average Bonchev–Trinajstić information content (AvgIpc) is 3.04. The largest absolute Gasteiger partial charge is 0.496 e. The summed E-state index contributed by atoms with van der Waals surface area (Å²) in [6, 6.07) is 15.2. The smallest absolute Gasteiger partial charge is 0.257 e. The van der Waals surface area contributed by atoms with Crippen molar-refractivity contribution in [3.8, 4) is 5.75 Å². The number of rotatable bonds is 3. The molecule has 2 aromatic carbocycles. The Labute approximate surface area is 182 Å². The zero-order chi connectivity index (χ0) is 22.0. The Kier molecular flexibility index (Phi) is 5.89. The molecule has 2 heterocycles. The predicted molar refractivity (Wildman–Crippen MR) is 121 cm³/mol. The summed E-state index contributed by atoms with van der Waals surface area (Å²) in [5.74, 6) is 0.475. The summed E-state index contributed by atoms with van der Waals surface area (Å²) in [7, 11) is 1.57. The van der Waals surface area contributed by atoms with Gasteiger partial charge in [0.15, 0.2) is 0 Å². The fourth-order valence-electron chi connectivity index (χ4n) is 4.08. The minimum Gasteiger partial charge on any atom is -0.496 e. The highest BCUT2D eigenvalue weighted by Gasteiger charge is 2.26. The lowest BCUT2D eigenvalue weighted by atomic mass is 10.1. The Bertz CT molecular complexity index is 1140. The van der Waals surface area contributed by atoms with Crippen molar-refractivity contribution in [1.29, 1.82) is 0 Å². The van der Waals surface area contributed by atoms with Crippen molar-refractivity contribution in [1.82, 2.24) is 14.8 Å². The average molecular weight is 418 g/mol. The molecule has 0 N–H and O–H groups in total. The molecule has 0 saturated carbocycles. The first kappa shape index (κ1) is 20.8. The fraction of sp³-hybridized carbons (Fsp3) is 0.320. The van der Waals surface area contributed by atoms with Gasteiger partial charge in [-0.25, -0.2) is 0 Å². The van der Waals surface area contributed by atoms with Crippen LogP contribution in [-0.2, 0) is 0 Å². The molecule has 0 bridgehead atoms. The first-order chi connectivity index (χ1) is 15.0. The van der Waals surface area contributed by atoms with Crippen molar-refractivity contribution in [2.24, 2.45) is 0 Å². The van der Waals surface area contributed by atoms with Gasteiger partial charge >= 0.3 is 0 Å². The molecule has 1 aromatic heterocycles. The zero-order valence-electron chi connectivity index (χ0n) is 18.2. The summed E-state index contributed by atoms with van der Waals surface area (Å²) in [6.45, 7) is 6.11. The van der Waals surface area contributed by atoms with Gasteiger partial charge in [-0.2, -0.15) is 0 Å². The molecule has 0 atom stereocenters. The van der Waals surface area contributed by atoms with E-state index >= 15 is 0 Å². The Morgan fingerprint density at radius 3 is 2.26 bits per heavy atom. The number of nitrogens with zero attached hydrogens (tertiary/aromatic N) is 3. The summed E-state index contributed by atoms with van der Waals surface area (Å²) < 4.78 is 5.34. The molecule has 0 radical (unpaired) electrons. The normalized spacial score (nSPS) is 14.4. The van der Waals surface area contributed by atoms with Crippen LogP contribution in [0.5, 0.6) is 5.75 Å². The van der Waals surface area contributed by atoms with Crippen molar-refractivity contribution in [2.45, 2.75) is 20.3 Å². The first-order valence-electron chi connectivity index (χ1n) is 10.6. The number of amides is 2. The van der Waals surface area contributed by atoms with Gasteiger partial charge in [0.25, 0.3) is 11.8 Å². The van der Waals surface area contributed by atoms with Gasteiger partial charge in [-0.1, -0.05) is 24.3 Å². The van der Waals surface area contributed by atoms with Crippen molar-refractivity contribution >= 4 is 22.7 Å². The van der Waals surface area contributed by atoms with Gasteiger partial charge in [-0.3, -0.25) is 14.6 Å². The van der Waals surface area contributed by atoms with Crippen LogP contribution in [0.3, 0.4) is 0 Å². The van der Waals surface area contributed by atoms with Crippen molar-refractivity contribution in [2.75, 3.05) is 33.3 Å². The summed E-state index contributed by atoms with van der Waals surface area (Å²) in [4.78, 5) is 34.6. The van der Waals surface area contributed by atoms with Crippen molar-refractivity contribution < 1.29 is 14.3 Å². The van der Waals surface area contributed by atoms with Gasteiger partial charge in [0, 0.05) is 31.6 Å². The molecule has 1 fully saturated rings. The molecule has 0 spiro atoms. The molecule has 1 aliphatic heterocycles. The topological polar surface area (TPSA) is 62.7 Å². The predicted octanol–water partition coefficient (Wildman–Crippen LogP) is 3.85. The standard InChI is InChI=1S/C25H27N3O3/c1-17-9-10-19-16-21(18(2)26-22(19)15-17)25(30)28-12-6-11-27(13-14-28)24(29)20-7-4-5-8-23(20)31-3/h4-5,7-10,15-16H,6,11-14H2,1-3H3. The number of pyridine rings is 1. The van der Waals surface area contributed by atoms with Gasteiger partial charge < -0.3 is 14.5 Å². The van der Waals surface area contributed by atoms with Crippen LogP contribution in [0.4, 0.5) is 0 Å². The lowest BCUT2D eigenvalue weighted by molar-refractivity contribution is 0.0716. The first-order valence-corrected chi connectivity index (χ1v) is 10.6. The number of hydrogen-bond acceptors (Lipinski definition) is 4. The number of benzene rings is 2. The Morgan fingerprint density at radius 2 is 1.55 bits per heavy atom. The Morgan fingerprint density at radius 1 is 0.871 bits per heavy atom. The zero-order valence-corrected chi connectivity index (χ0v) is 18.2. The van der Waals surface area contributed by atoms with Crippen LogP contribution < -0.4 is 4.74 Å². The maximum absolute atomic E-state index is 13.3. The van der Waals surface area contributed by atoms with E-state index in [0.717, 1.165) is 28.6 Å². The van der Waals surface area contributed by atoms with Gasteiger partial charge in [0.05, 0.1) is 29.4 Å². The summed E-state index contributed by atoms with van der Waals surface area (Å²) >= 11 is 0. The third-order valence-corrected chi connectivity index (χ3v) is 5.80. The lowest BCUT2D eigenvalue weighted by Gasteiger charge is -2.23. The van der Waals surface area contributed by atoms with Crippen molar-refractivity contribution in [3.63, 3.8) is 0 Å². The second kappa shape index (κ2) is 8.76. The lowest BCUT2D eigenvalue weighted by Crippen LogP contribution is -2.37. The number of aromatic nitrogens is 1. The molecular formula is C25H27N3O3. The van der Waals surface area contributed by atoms with Crippen LogP contribution in [0.2, 0.25) is 0 Å². The monoisotopic (exact) mass is 417 g/mol. The molecule has 6 nitrogen and oxygen atoms in total. The van der Waals surface area contributed by atoms with E-state index in [1.807, 2.05) is 55.1 Å². The highest BCUT2D eigenvalue weighted by Crippen LogP contribution is 2.22. The van der Waals surface area contributed by atoms with E-state index < -0.39 is 0 Å². The molecular weight excluding hydrogens is 390 g/mol. The number of hydrogen-bond donors (Lipinski definition) is 0. The second-order valence-corrected chi connectivity index (χ2v) is 7.96. The van der Waals surface area contributed by atoms with E-state index in [0.29, 0.717) is 43.1 Å². The molecule has 6 heteroatoms. The molecule has 1 aliphatic rings. The molecule has 1 saturated heterocycles. The van der Waals surface area contributed by atoms with Crippen LogP contribution >= 0.6 is 0 Å². The highest BCUT2D eigenvalue weighted by molar-refractivity contribution is 5.99. The number of fused-ring (bicyclic) bond motifs is 1. The van der Waals surface area contributed by atoms with E-state index in [2.05, 4.69) is 4.98 Å². The highest BCUT2D eigenvalue weighted by atomic mass is 16.5. The molecule has 2 amide bonds. The van der Waals surface area contributed by atoms with E-state index in [1.54, 1.807) is 24.1 Å². The SMILES string of the molecule is COc1ccccc1C(=O)N1CCCN(C(=O)c2cc3ccc(C)cc3nc2C)CC1. The van der Waals surface area contributed by atoms with Gasteiger partial charge in [-0.15, -0.1) is 0 Å². The quantitative estimate of drug-likeness (QED) is 0.649. The molecule has 160 valence electrons. The maximum atomic E-state index is 13.3. The van der Waals surface area contributed by atoms with E-state index in [1.165, 1.54) is 0 Å². The molecule has 3 aromatic rings. The number of aryl methyl sites for hydroxylation is 2. The summed E-state index contributed by atoms with van der Waals surface area (Å²) in [5, 5.41) is 0.961. The molecule has 4 rings (SSSR count). The van der Waals surface area contributed by atoms with Gasteiger partial charge in [-0.05, 0) is 50.1 Å². The summed E-state index contributed by atoms with van der Waals surface area (Å²) in [6.07, 6.45) is 0.728. The van der Waals surface area contributed by atoms with E-state index in [-0.39, 0.29) is 11.8 Å². The third kappa shape index (κ3) is 4.24. The fourth-order valence-corrected chi connectivity index (χ4v) is 4.08.